The zero-order valence-electron chi connectivity index (χ0n) is 5.64. The van der Waals surface area contributed by atoms with Crippen LogP contribution in [0.1, 0.15) is 13.8 Å². The Hall–Kier alpha value is -0.150. The molecule has 0 saturated heterocycles. The lowest BCUT2D eigenvalue weighted by Crippen LogP contribution is -2.14. The van der Waals surface area contributed by atoms with E-state index in [0.29, 0.717) is 0 Å². The summed E-state index contributed by atoms with van der Waals surface area (Å²) in [5.41, 5.74) is -1.38. The fourth-order valence-electron chi connectivity index (χ4n) is 0.293. The summed E-state index contributed by atoms with van der Waals surface area (Å²) in [4.78, 5) is 10.5. The van der Waals surface area contributed by atoms with E-state index in [4.69, 9.17) is 23.2 Å². The zero-order valence-corrected chi connectivity index (χ0v) is 7.15. The summed E-state index contributed by atoms with van der Waals surface area (Å²) in [5.74, 6) is 0. The molecule has 0 aromatic carbocycles. The Balaban J connectivity index is 3.44. The van der Waals surface area contributed by atoms with Gasteiger partial charge in [-0.05, 0) is 13.8 Å². The van der Waals surface area contributed by atoms with E-state index in [1.807, 2.05) is 0 Å². The molecule has 10 heavy (non-hydrogen) atoms. The van der Waals surface area contributed by atoms with E-state index in [1.54, 1.807) is 0 Å². The van der Waals surface area contributed by atoms with Gasteiger partial charge in [0.15, 0.2) is 11.1 Å². The van der Waals surface area contributed by atoms with Gasteiger partial charge in [0.25, 0.3) is 0 Å². The van der Waals surface area contributed by atoms with Crippen molar-refractivity contribution in [3.05, 3.63) is 0 Å². The summed E-state index contributed by atoms with van der Waals surface area (Å²) >= 11 is 10.6. The Labute approximate surface area is 69.2 Å². The molecule has 2 atom stereocenters. The highest BCUT2D eigenvalue weighted by Crippen LogP contribution is 2.02. The van der Waals surface area contributed by atoms with Crippen molar-refractivity contribution < 1.29 is 14.3 Å². The number of hydrogen-bond donors (Lipinski definition) is 0. The molecule has 0 saturated carbocycles. The number of halogens is 2. The Morgan fingerprint density at radius 3 is 1.70 bits per heavy atom. The predicted molar refractivity (Wildman–Crippen MR) is 38.2 cm³/mol. The number of hydrogen-bond acceptors (Lipinski definition) is 3. The standard InChI is InChI=1S/C5H8Cl2O3/c1-3(6)9-5(8)10-4(2)7/h3-4H,1-2H3/t3-,4-/m1/s1. The van der Waals surface area contributed by atoms with Gasteiger partial charge in [0, 0.05) is 0 Å². The molecule has 0 aliphatic heterocycles. The lowest BCUT2D eigenvalue weighted by atomic mass is 10.8. The summed E-state index contributed by atoms with van der Waals surface area (Å²) in [6.45, 7) is 3.00. The van der Waals surface area contributed by atoms with Crippen LogP contribution in [0.2, 0.25) is 0 Å². The molecule has 60 valence electrons. The maximum Gasteiger partial charge on any atom is 0.511 e. The summed E-state index contributed by atoms with van der Waals surface area (Å²) in [7, 11) is 0. The highest BCUT2D eigenvalue weighted by Gasteiger charge is 2.09. The van der Waals surface area contributed by atoms with Crippen LogP contribution in [0.3, 0.4) is 0 Å². The van der Waals surface area contributed by atoms with E-state index < -0.39 is 17.3 Å². The molecule has 0 amide bonds. The van der Waals surface area contributed by atoms with Gasteiger partial charge in [0.2, 0.25) is 0 Å². The van der Waals surface area contributed by atoms with Crippen molar-refractivity contribution in [2.45, 2.75) is 25.0 Å². The first-order chi connectivity index (χ1) is 4.52. The van der Waals surface area contributed by atoms with Crippen molar-refractivity contribution in [3.63, 3.8) is 0 Å². The summed E-state index contributed by atoms with van der Waals surface area (Å²) in [6, 6.07) is 0. The second-order valence-electron chi connectivity index (χ2n) is 1.57. The Bertz CT molecular complexity index is 101. The van der Waals surface area contributed by atoms with Gasteiger partial charge in [-0.1, -0.05) is 23.2 Å². The van der Waals surface area contributed by atoms with Gasteiger partial charge in [0.05, 0.1) is 0 Å². The molecule has 0 heterocycles. The van der Waals surface area contributed by atoms with Crippen LogP contribution in [0.15, 0.2) is 0 Å². The number of ether oxygens (including phenoxy) is 2. The third kappa shape index (κ3) is 5.98. The third-order valence-electron chi connectivity index (χ3n) is 0.517. The van der Waals surface area contributed by atoms with E-state index in [2.05, 4.69) is 9.47 Å². The molecule has 0 bridgehead atoms. The van der Waals surface area contributed by atoms with E-state index in [0.717, 1.165) is 0 Å². The molecule has 0 spiro atoms. The lowest BCUT2D eigenvalue weighted by molar-refractivity contribution is 0.0444. The van der Waals surface area contributed by atoms with Crippen LogP contribution in [0, 0.1) is 0 Å². The van der Waals surface area contributed by atoms with Crippen molar-refractivity contribution >= 4 is 29.4 Å². The largest absolute Gasteiger partial charge is 0.511 e. The highest BCUT2D eigenvalue weighted by atomic mass is 35.5. The van der Waals surface area contributed by atoms with Crippen LogP contribution >= 0.6 is 23.2 Å². The van der Waals surface area contributed by atoms with Gasteiger partial charge >= 0.3 is 6.16 Å². The SMILES string of the molecule is C[C@H](Cl)OC(=O)O[C@H](C)Cl. The first kappa shape index (κ1) is 9.85. The first-order valence-corrected chi connectivity index (χ1v) is 3.55. The van der Waals surface area contributed by atoms with Crippen LogP contribution in [-0.4, -0.2) is 17.3 Å². The second-order valence-corrected chi connectivity index (χ2v) is 2.80. The van der Waals surface area contributed by atoms with Gasteiger partial charge in [-0.2, -0.15) is 0 Å². The highest BCUT2D eigenvalue weighted by molar-refractivity contribution is 6.20. The van der Waals surface area contributed by atoms with Crippen LogP contribution < -0.4 is 0 Å². The van der Waals surface area contributed by atoms with Crippen molar-refractivity contribution in [2.24, 2.45) is 0 Å². The fraction of sp³-hybridized carbons (Fsp3) is 0.800. The van der Waals surface area contributed by atoms with Gasteiger partial charge < -0.3 is 9.47 Å². The summed E-state index contributed by atoms with van der Waals surface area (Å²) in [5, 5.41) is 0. The second kappa shape index (κ2) is 4.63. The van der Waals surface area contributed by atoms with Crippen molar-refractivity contribution in [2.75, 3.05) is 0 Å². The smallest absolute Gasteiger partial charge is 0.415 e. The molecule has 0 rings (SSSR count). The third-order valence-corrected chi connectivity index (χ3v) is 0.695. The minimum Gasteiger partial charge on any atom is -0.415 e. The van der Waals surface area contributed by atoms with E-state index in [1.165, 1.54) is 13.8 Å². The molecule has 0 fully saturated rings. The zero-order chi connectivity index (χ0) is 8.15. The molecule has 0 aliphatic rings. The van der Waals surface area contributed by atoms with Gasteiger partial charge in [0.1, 0.15) is 0 Å². The molecule has 0 radical (unpaired) electrons. The van der Waals surface area contributed by atoms with Crippen molar-refractivity contribution in [3.8, 4) is 0 Å². The number of carbonyl (C=O) groups excluding carboxylic acids is 1. The predicted octanol–water partition coefficient (Wildman–Crippen LogP) is 2.31. The van der Waals surface area contributed by atoms with Crippen LogP contribution in [0.4, 0.5) is 4.79 Å². The van der Waals surface area contributed by atoms with Gasteiger partial charge in [-0.15, -0.1) is 0 Å². The first-order valence-electron chi connectivity index (χ1n) is 2.67. The van der Waals surface area contributed by atoms with Gasteiger partial charge in [-0.3, -0.25) is 0 Å². The minimum absolute atomic E-state index is 0.692. The van der Waals surface area contributed by atoms with Crippen molar-refractivity contribution in [1.82, 2.24) is 0 Å². The maximum atomic E-state index is 10.5. The molecular weight excluding hydrogens is 179 g/mol. The molecule has 5 heteroatoms. The summed E-state index contributed by atoms with van der Waals surface area (Å²) < 4.78 is 8.76. The van der Waals surface area contributed by atoms with E-state index in [-0.39, 0.29) is 0 Å². The Kier molecular flexibility index (Phi) is 4.56. The number of carbonyl (C=O) groups is 1. The van der Waals surface area contributed by atoms with Crippen LogP contribution in [0.25, 0.3) is 0 Å². The fourth-order valence-corrected chi connectivity index (χ4v) is 0.438. The molecule has 0 unspecified atom stereocenters. The molecule has 0 aromatic rings. The molecule has 0 N–H and O–H groups in total. The molecular formula is C5H8Cl2O3. The monoisotopic (exact) mass is 186 g/mol. The average Bonchev–Trinajstić information content (AvgIpc) is 1.58. The number of alkyl halides is 2. The molecule has 0 aliphatic carbocycles. The van der Waals surface area contributed by atoms with Crippen LogP contribution in [-0.2, 0) is 9.47 Å². The summed E-state index contributed by atoms with van der Waals surface area (Å²) in [6.07, 6.45) is -0.856. The quantitative estimate of drug-likeness (QED) is 0.491. The Morgan fingerprint density at radius 1 is 1.20 bits per heavy atom. The van der Waals surface area contributed by atoms with Gasteiger partial charge in [-0.25, -0.2) is 4.79 Å². The minimum atomic E-state index is -0.856. The van der Waals surface area contributed by atoms with E-state index >= 15 is 0 Å². The normalized spacial score (nSPS) is 15.6. The number of rotatable bonds is 2. The topological polar surface area (TPSA) is 35.5 Å². The van der Waals surface area contributed by atoms with Crippen molar-refractivity contribution in [1.29, 1.82) is 0 Å². The maximum absolute atomic E-state index is 10.5. The van der Waals surface area contributed by atoms with Crippen LogP contribution in [0.5, 0.6) is 0 Å². The Morgan fingerprint density at radius 2 is 1.50 bits per heavy atom. The molecule has 3 nitrogen and oxygen atoms in total. The molecule has 0 aromatic heterocycles. The average molecular weight is 187 g/mol. The van der Waals surface area contributed by atoms with E-state index in [9.17, 15) is 4.79 Å². The lowest BCUT2D eigenvalue weighted by Gasteiger charge is -2.07.